The normalized spacial score (nSPS) is 17.8. The van der Waals surface area contributed by atoms with E-state index in [4.69, 9.17) is 9.47 Å². The molecule has 1 atom stereocenters. The molecule has 1 fully saturated rings. The summed E-state index contributed by atoms with van der Waals surface area (Å²) >= 11 is 0. The largest absolute Gasteiger partial charge is 0.464 e. The summed E-state index contributed by atoms with van der Waals surface area (Å²) in [5.74, 6) is -0.283. The zero-order valence-electron chi connectivity index (χ0n) is 13.4. The van der Waals surface area contributed by atoms with Crippen molar-refractivity contribution >= 4 is 12.1 Å². The summed E-state index contributed by atoms with van der Waals surface area (Å²) < 4.78 is 10.3. The van der Waals surface area contributed by atoms with Crippen molar-refractivity contribution < 1.29 is 19.1 Å². The van der Waals surface area contributed by atoms with Crippen LogP contribution in [0.15, 0.2) is 0 Å². The van der Waals surface area contributed by atoms with Crippen molar-refractivity contribution in [3.05, 3.63) is 0 Å². The van der Waals surface area contributed by atoms with Crippen LogP contribution in [0.2, 0.25) is 0 Å². The summed E-state index contributed by atoms with van der Waals surface area (Å²) in [5, 5.41) is 0. The number of ether oxygens (including phenoxy) is 2. The van der Waals surface area contributed by atoms with Crippen molar-refractivity contribution in [2.24, 2.45) is 0 Å². The van der Waals surface area contributed by atoms with Gasteiger partial charge < -0.3 is 9.47 Å². The molecule has 0 unspecified atom stereocenters. The fourth-order valence-corrected chi connectivity index (χ4v) is 2.59. The topological polar surface area (TPSA) is 55.8 Å². The maximum atomic E-state index is 12.0. The Kier molecular flexibility index (Phi) is 8.87. The smallest absolute Gasteiger partial charge is 0.410 e. The van der Waals surface area contributed by atoms with Gasteiger partial charge in [0.05, 0.1) is 13.2 Å². The molecule has 1 heterocycles. The minimum Gasteiger partial charge on any atom is -0.464 e. The maximum Gasteiger partial charge on any atom is 0.410 e. The van der Waals surface area contributed by atoms with Crippen molar-refractivity contribution in [1.29, 1.82) is 0 Å². The Hall–Kier alpha value is -1.26. The molecular weight excluding hydrogens is 270 g/mol. The van der Waals surface area contributed by atoms with E-state index in [0.29, 0.717) is 26.2 Å². The van der Waals surface area contributed by atoms with Crippen molar-refractivity contribution in [1.82, 2.24) is 4.90 Å². The van der Waals surface area contributed by atoms with Crippen LogP contribution >= 0.6 is 0 Å². The molecule has 1 aliphatic heterocycles. The predicted octanol–water partition coefficient (Wildman–Crippen LogP) is 3.51. The van der Waals surface area contributed by atoms with Crippen LogP contribution in [-0.4, -0.2) is 42.8 Å². The second kappa shape index (κ2) is 10.5. The van der Waals surface area contributed by atoms with Crippen LogP contribution in [-0.2, 0) is 14.3 Å². The first-order chi connectivity index (χ1) is 10.2. The number of amides is 1. The first-order valence-electron chi connectivity index (χ1n) is 8.30. The highest BCUT2D eigenvalue weighted by Gasteiger charge is 2.35. The SMILES string of the molecule is CCCCCCCCOC(=O)[C@@H]1CCCN1C(=O)OCC. The van der Waals surface area contributed by atoms with E-state index in [9.17, 15) is 9.59 Å². The van der Waals surface area contributed by atoms with Gasteiger partial charge >= 0.3 is 12.1 Å². The molecule has 1 rings (SSSR count). The lowest BCUT2D eigenvalue weighted by atomic mass is 10.1. The van der Waals surface area contributed by atoms with Crippen LogP contribution < -0.4 is 0 Å². The third-order valence-electron chi connectivity index (χ3n) is 3.77. The summed E-state index contributed by atoms with van der Waals surface area (Å²) in [6.45, 7) is 5.32. The summed E-state index contributed by atoms with van der Waals surface area (Å²) in [6, 6.07) is -0.454. The lowest BCUT2D eigenvalue weighted by molar-refractivity contribution is -0.148. The van der Waals surface area contributed by atoms with E-state index in [1.165, 1.54) is 30.6 Å². The van der Waals surface area contributed by atoms with Crippen LogP contribution in [0, 0.1) is 0 Å². The van der Waals surface area contributed by atoms with Crippen molar-refractivity contribution in [2.45, 2.75) is 71.3 Å². The van der Waals surface area contributed by atoms with Gasteiger partial charge in [-0.1, -0.05) is 39.0 Å². The molecule has 0 saturated carbocycles. The highest BCUT2D eigenvalue weighted by molar-refractivity contribution is 5.82. The molecule has 5 nitrogen and oxygen atoms in total. The van der Waals surface area contributed by atoms with Gasteiger partial charge in [0.15, 0.2) is 0 Å². The minimum atomic E-state index is -0.454. The van der Waals surface area contributed by atoms with Gasteiger partial charge in [-0.15, -0.1) is 0 Å². The summed E-state index contributed by atoms with van der Waals surface area (Å²) in [7, 11) is 0. The number of esters is 1. The molecule has 1 amide bonds. The molecule has 0 aromatic rings. The van der Waals surface area contributed by atoms with Gasteiger partial charge in [-0.3, -0.25) is 4.90 Å². The zero-order valence-corrected chi connectivity index (χ0v) is 13.4. The van der Waals surface area contributed by atoms with Crippen LogP contribution in [0.3, 0.4) is 0 Å². The molecule has 21 heavy (non-hydrogen) atoms. The standard InChI is InChI=1S/C16H29NO4/c1-3-5-6-7-8-9-13-21-15(18)14-11-10-12-17(14)16(19)20-4-2/h14H,3-13H2,1-2H3/t14-/m0/s1. The number of nitrogens with zero attached hydrogens (tertiary/aromatic N) is 1. The van der Waals surface area contributed by atoms with Gasteiger partial charge in [-0.05, 0) is 26.2 Å². The fraction of sp³-hybridized carbons (Fsp3) is 0.875. The highest BCUT2D eigenvalue weighted by Crippen LogP contribution is 2.19. The number of hydrogen-bond donors (Lipinski definition) is 0. The first-order valence-corrected chi connectivity index (χ1v) is 8.30. The quantitative estimate of drug-likeness (QED) is 0.483. The van der Waals surface area contributed by atoms with Gasteiger partial charge in [0.25, 0.3) is 0 Å². The summed E-state index contributed by atoms with van der Waals surface area (Å²) in [5.41, 5.74) is 0. The Bertz CT molecular complexity index is 319. The van der Waals surface area contributed by atoms with E-state index in [-0.39, 0.29) is 5.97 Å². The first kappa shape index (κ1) is 17.8. The maximum absolute atomic E-state index is 12.0. The number of hydrogen-bond acceptors (Lipinski definition) is 4. The van der Waals surface area contributed by atoms with E-state index in [1.54, 1.807) is 6.92 Å². The Labute approximate surface area is 128 Å². The molecule has 1 aliphatic rings. The van der Waals surface area contributed by atoms with Crippen molar-refractivity contribution in [2.75, 3.05) is 19.8 Å². The van der Waals surface area contributed by atoms with Gasteiger partial charge in [0.2, 0.25) is 0 Å². The second-order valence-corrected chi connectivity index (χ2v) is 5.49. The van der Waals surface area contributed by atoms with Gasteiger partial charge in [0, 0.05) is 6.54 Å². The molecule has 0 aliphatic carbocycles. The highest BCUT2D eigenvalue weighted by atomic mass is 16.6. The molecule has 0 bridgehead atoms. The second-order valence-electron chi connectivity index (χ2n) is 5.49. The predicted molar refractivity (Wildman–Crippen MR) is 81.1 cm³/mol. The number of carbonyl (C=O) groups is 2. The Morgan fingerprint density at radius 3 is 2.48 bits per heavy atom. The molecule has 0 spiro atoms. The number of unbranched alkanes of at least 4 members (excludes halogenated alkanes) is 5. The summed E-state index contributed by atoms with van der Waals surface area (Å²) in [4.78, 5) is 25.3. The molecule has 1 saturated heterocycles. The molecule has 122 valence electrons. The molecule has 5 heteroatoms. The Morgan fingerprint density at radius 1 is 1.05 bits per heavy atom. The van der Waals surface area contributed by atoms with Crippen molar-refractivity contribution in [3.63, 3.8) is 0 Å². The summed E-state index contributed by atoms with van der Waals surface area (Å²) in [6.07, 6.45) is 8.06. The number of likely N-dealkylation sites (tertiary alicyclic amines) is 1. The number of carbonyl (C=O) groups excluding carboxylic acids is 2. The molecule has 0 aromatic carbocycles. The average molecular weight is 299 g/mol. The Balaban J connectivity index is 2.20. The van der Waals surface area contributed by atoms with E-state index < -0.39 is 12.1 Å². The monoisotopic (exact) mass is 299 g/mol. The Morgan fingerprint density at radius 2 is 1.76 bits per heavy atom. The van der Waals surface area contributed by atoms with E-state index in [1.807, 2.05) is 0 Å². The van der Waals surface area contributed by atoms with E-state index in [2.05, 4.69) is 6.92 Å². The van der Waals surface area contributed by atoms with Gasteiger partial charge in [-0.2, -0.15) is 0 Å². The van der Waals surface area contributed by atoms with Crippen LogP contribution in [0.5, 0.6) is 0 Å². The minimum absolute atomic E-state index is 0.283. The molecular formula is C16H29NO4. The van der Waals surface area contributed by atoms with Gasteiger partial charge in [-0.25, -0.2) is 9.59 Å². The molecule has 0 N–H and O–H groups in total. The third kappa shape index (κ3) is 6.36. The number of rotatable bonds is 9. The molecule has 0 radical (unpaired) electrons. The fourth-order valence-electron chi connectivity index (χ4n) is 2.59. The van der Waals surface area contributed by atoms with E-state index >= 15 is 0 Å². The van der Waals surface area contributed by atoms with E-state index in [0.717, 1.165) is 19.3 Å². The third-order valence-corrected chi connectivity index (χ3v) is 3.77. The molecule has 0 aromatic heterocycles. The lowest BCUT2D eigenvalue weighted by Crippen LogP contribution is -2.41. The zero-order chi connectivity index (χ0) is 15.5. The van der Waals surface area contributed by atoms with Crippen LogP contribution in [0.4, 0.5) is 4.79 Å². The van der Waals surface area contributed by atoms with Crippen LogP contribution in [0.1, 0.15) is 65.2 Å². The van der Waals surface area contributed by atoms with Crippen molar-refractivity contribution in [3.8, 4) is 0 Å². The average Bonchev–Trinajstić information content (AvgIpc) is 2.96. The van der Waals surface area contributed by atoms with Gasteiger partial charge in [0.1, 0.15) is 6.04 Å². The lowest BCUT2D eigenvalue weighted by Gasteiger charge is -2.22. The van der Waals surface area contributed by atoms with Crippen LogP contribution in [0.25, 0.3) is 0 Å².